The number of fused-ring (bicyclic) bond motifs is 1. The SMILES string of the molecule is Cc1c(Cl)c(C)c2c(c1Br)OCC(=O)N2C. The Labute approximate surface area is 107 Å². The van der Waals surface area contributed by atoms with Crippen LogP contribution in [0.5, 0.6) is 5.75 Å². The molecule has 0 spiro atoms. The molecule has 2 rings (SSSR count). The van der Waals surface area contributed by atoms with Crippen LogP contribution in [0.1, 0.15) is 11.1 Å². The highest BCUT2D eigenvalue weighted by Crippen LogP contribution is 2.46. The molecule has 0 fully saturated rings. The summed E-state index contributed by atoms with van der Waals surface area (Å²) in [5.41, 5.74) is 2.55. The molecule has 1 aromatic rings. The van der Waals surface area contributed by atoms with Crippen molar-refractivity contribution in [1.82, 2.24) is 0 Å². The van der Waals surface area contributed by atoms with E-state index >= 15 is 0 Å². The van der Waals surface area contributed by atoms with Gasteiger partial charge in [0.1, 0.15) is 0 Å². The zero-order valence-electron chi connectivity index (χ0n) is 9.23. The van der Waals surface area contributed by atoms with Crippen LogP contribution in [-0.2, 0) is 4.79 Å². The minimum absolute atomic E-state index is 0.0672. The predicted octanol–water partition coefficient (Wildman–Crippen LogP) is 3.07. The molecule has 0 aliphatic carbocycles. The van der Waals surface area contributed by atoms with Gasteiger partial charge in [0.15, 0.2) is 12.4 Å². The Morgan fingerprint density at radius 2 is 2.00 bits per heavy atom. The molecule has 86 valence electrons. The summed E-state index contributed by atoms with van der Waals surface area (Å²) in [7, 11) is 1.73. The Bertz CT molecular complexity index is 488. The number of hydrogen-bond donors (Lipinski definition) is 0. The minimum atomic E-state index is -0.0672. The summed E-state index contributed by atoms with van der Waals surface area (Å²) in [6.45, 7) is 3.88. The molecule has 5 heteroatoms. The average Bonchev–Trinajstić information content (AvgIpc) is 2.27. The first-order valence-electron chi connectivity index (χ1n) is 4.82. The molecule has 1 amide bonds. The van der Waals surface area contributed by atoms with Gasteiger partial charge in [-0.1, -0.05) is 11.6 Å². The number of likely N-dealkylation sites (N-methyl/N-ethyl adjacent to an activating group) is 1. The van der Waals surface area contributed by atoms with Gasteiger partial charge in [-0.05, 0) is 40.9 Å². The topological polar surface area (TPSA) is 29.5 Å². The fraction of sp³-hybridized carbons (Fsp3) is 0.364. The van der Waals surface area contributed by atoms with Gasteiger partial charge in [-0.25, -0.2) is 0 Å². The van der Waals surface area contributed by atoms with E-state index in [-0.39, 0.29) is 12.5 Å². The molecule has 0 unspecified atom stereocenters. The van der Waals surface area contributed by atoms with Gasteiger partial charge in [0.05, 0.1) is 10.2 Å². The highest BCUT2D eigenvalue weighted by Gasteiger charge is 2.28. The molecule has 1 heterocycles. The maximum absolute atomic E-state index is 11.6. The third-order valence-corrected chi connectivity index (χ3v) is 4.33. The van der Waals surface area contributed by atoms with Crippen molar-refractivity contribution < 1.29 is 9.53 Å². The second-order valence-corrected chi connectivity index (χ2v) is 4.97. The number of ether oxygens (including phenoxy) is 1. The van der Waals surface area contributed by atoms with Crippen LogP contribution < -0.4 is 9.64 Å². The van der Waals surface area contributed by atoms with Crippen LogP contribution in [0, 0.1) is 13.8 Å². The minimum Gasteiger partial charge on any atom is -0.480 e. The zero-order chi connectivity index (χ0) is 12.0. The van der Waals surface area contributed by atoms with Crippen LogP contribution in [0.2, 0.25) is 5.02 Å². The third kappa shape index (κ3) is 1.52. The molecule has 16 heavy (non-hydrogen) atoms. The van der Waals surface area contributed by atoms with Gasteiger partial charge >= 0.3 is 0 Å². The van der Waals surface area contributed by atoms with Gasteiger partial charge in [-0.2, -0.15) is 0 Å². The first kappa shape index (κ1) is 11.7. The normalized spacial score (nSPS) is 14.8. The first-order valence-corrected chi connectivity index (χ1v) is 5.99. The number of amides is 1. The lowest BCUT2D eigenvalue weighted by Crippen LogP contribution is -2.36. The lowest BCUT2D eigenvalue weighted by molar-refractivity contribution is -0.121. The predicted molar refractivity (Wildman–Crippen MR) is 67.5 cm³/mol. The van der Waals surface area contributed by atoms with Gasteiger partial charge in [0.2, 0.25) is 0 Å². The average molecular weight is 305 g/mol. The largest absolute Gasteiger partial charge is 0.480 e. The first-order chi connectivity index (χ1) is 7.45. The summed E-state index contributed by atoms with van der Waals surface area (Å²) >= 11 is 9.66. The number of carbonyl (C=O) groups excluding carboxylic acids is 1. The summed E-state index contributed by atoms with van der Waals surface area (Å²) in [6, 6.07) is 0. The second kappa shape index (κ2) is 3.93. The van der Waals surface area contributed by atoms with E-state index in [1.807, 2.05) is 13.8 Å². The summed E-state index contributed by atoms with van der Waals surface area (Å²) in [5.74, 6) is 0.629. The molecule has 0 radical (unpaired) electrons. The standard InChI is InChI=1S/C11H11BrClNO2/c1-5-8(12)11-10(6(2)9(5)13)14(3)7(15)4-16-11/h4H2,1-3H3. The Kier molecular flexibility index (Phi) is 2.88. The number of carbonyl (C=O) groups is 1. The molecule has 0 atom stereocenters. The summed E-state index contributed by atoms with van der Waals surface area (Å²) in [4.78, 5) is 13.1. The van der Waals surface area contributed by atoms with Crippen LogP contribution >= 0.6 is 27.5 Å². The molecule has 0 saturated carbocycles. The van der Waals surface area contributed by atoms with Gasteiger partial charge in [-0.3, -0.25) is 4.79 Å². The summed E-state index contributed by atoms with van der Waals surface area (Å²) in [6.07, 6.45) is 0. The fourth-order valence-electron chi connectivity index (χ4n) is 1.82. The smallest absolute Gasteiger partial charge is 0.264 e. The third-order valence-electron chi connectivity index (χ3n) is 2.81. The van der Waals surface area contributed by atoms with E-state index in [4.69, 9.17) is 16.3 Å². The Hall–Kier alpha value is -0.740. The van der Waals surface area contributed by atoms with Crippen molar-refractivity contribution in [2.75, 3.05) is 18.6 Å². The van der Waals surface area contributed by atoms with Crippen molar-refractivity contribution in [2.45, 2.75) is 13.8 Å². The van der Waals surface area contributed by atoms with E-state index in [1.54, 1.807) is 11.9 Å². The summed E-state index contributed by atoms with van der Waals surface area (Å²) in [5, 5.41) is 0.663. The monoisotopic (exact) mass is 303 g/mol. The lowest BCUT2D eigenvalue weighted by atomic mass is 10.1. The van der Waals surface area contributed by atoms with E-state index in [0.717, 1.165) is 21.3 Å². The molecule has 0 bridgehead atoms. The number of nitrogens with zero attached hydrogens (tertiary/aromatic N) is 1. The molecule has 1 aromatic carbocycles. The molecular weight excluding hydrogens is 293 g/mol. The number of anilines is 1. The molecule has 0 aromatic heterocycles. The molecule has 0 N–H and O–H groups in total. The molecule has 1 aliphatic heterocycles. The van der Waals surface area contributed by atoms with Crippen LogP contribution in [-0.4, -0.2) is 19.6 Å². The van der Waals surface area contributed by atoms with Crippen molar-refractivity contribution in [3.63, 3.8) is 0 Å². The van der Waals surface area contributed by atoms with Gasteiger partial charge in [0.25, 0.3) is 5.91 Å². The van der Waals surface area contributed by atoms with Crippen LogP contribution in [0.4, 0.5) is 5.69 Å². The molecule has 0 saturated heterocycles. The summed E-state index contributed by atoms with van der Waals surface area (Å²) < 4.78 is 6.27. The molecular formula is C11H11BrClNO2. The maximum Gasteiger partial charge on any atom is 0.264 e. The lowest BCUT2D eigenvalue weighted by Gasteiger charge is -2.29. The van der Waals surface area contributed by atoms with E-state index in [2.05, 4.69) is 15.9 Å². The molecule has 1 aliphatic rings. The van der Waals surface area contributed by atoms with Gasteiger partial charge < -0.3 is 9.64 Å². The fourth-order valence-corrected chi connectivity index (χ4v) is 2.62. The number of halogens is 2. The number of hydrogen-bond acceptors (Lipinski definition) is 2. The zero-order valence-corrected chi connectivity index (χ0v) is 11.6. The van der Waals surface area contributed by atoms with Crippen molar-refractivity contribution in [3.8, 4) is 5.75 Å². The van der Waals surface area contributed by atoms with Crippen molar-refractivity contribution >= 4 is 39.1 Å². The van der Waals surface area contributed by atoms with E-state index in [9.17, 15) is 4.79 Å². The molecule has 3 nitrogen and oxygen atoms in total. The van der Waals surface area contributed by atoms with E-state index in [1.165, 1.54) is 0 Å². The number of rotatable bonds is 0. The number of benzene rings is 1. The highest BCUT2D eigenvalue weighted by molar-refractivity contribution is 9.10. The van der Waals surface area contributed by atoms with Crippen LogP contribution in [0.15, 0.2) is 4.47 Å². The van der Waals surface area contributed by atoms with Crippen molar-refractivity contribution in [2.24, 2.45) is 0 Å². The van der Waals surface area contributed by atoms with Crippen molar-refractivity contribution in [3.05, 3.63) is 20.6 Å². The van der Waals surface area contributed by atoms with Gasteiger partial charge in [-0.15, -0.1) is 0 Å². The quantitative estimate of drug-likeness (QED) is 0.737. The van der Waals surface area contributed by atoms with Crippen LogP contribution in [0.25, 0.3) is 0 Å². The van der Waals surface area contributed by atoms with E-state index in [0.29, 0.717) is 10.8 Å². The van der Waals surface area contributed by atoms with Crippen LogP contribution in [0.3, 0.4) is 0 Å². The van der Waals surface area contributed by atoms with E-state index < -0.39 is 0 Å². The van der Waals surface area contributed by atoms with Gasteiger partial charge in [0, 0.05) is 12.1 Å². The maximum atomic E-state index is 11.6. The Morgan fingerprint density at radius 1 is 1.38 bits per heavy atom. The Morgan fingerprint density at radius 3 is 2.62 bits per heavy atom. The highest BCUT2D eigenvalue weighted by atomic mass is 79.9. The second-order valence-electron chi connectivity index (χ2n) is 3.80. The van der Waals surface area contributed by atoms with Crippen molar-refractivity contribution in [1.29, 1.82) is 0 Å². The Balaban J connectivity index is 2.77.